The molecular formula is C14H9F2N3O. The number of rotatable bonds is 2. The molecule has 0 bridgehead atoms. The summed E-state index contributed by atoms with van der Waals surface area (Å²) in [4.78, 5) is 8.28. The van der Waals surface area contributed by atoms with Crippen LogP contribution < -0.4 is 0 Å². The highest BCUT2D eigenvalue weighted by Crippen LogP contribution is 2.23. The number of benzene rings is 1. The predicted molar refractivity (Wildman–Crippen MR) is 67.6 cm³/mol. The molecule has 6 heteroatoms. The Kier molecular flexibility index (Phi) is 2.98. The Bertz CT molecular complexity index is 753. The molecule has 0 saturated heterocycles. The summed E-state index contributed by atoms with van der Waals surface area (Å²) in [6.07, 6.45) is 1.62. The van der Waals surface area contributed by atoms with E-state index < -0.39 is 11.6 Å². The Morgan fingerprint density at radius 3 is 2.50 bits per heavy atom. The predicted octanol–water partition coefficient (Wildman–Crippen LogP) is 3.39. The van der Waals surface area contributed by atoms with Gasteiger partial charge in [0.1, 0.15) is 0 Å². The van der Waals surface area contributed by atoms with E-state index in [-0.39, 0.29) is 5.89 Å². The van der Waals surface area contributed by atoms with Gasteiger partial charge in [0.2, 0.25) is 5.82 Å². The first kappa shape index (κ1) is 12.4. The Balaban J connectivity index is 1.97. The number of nitrogens with zero attached hydrogens (tertiary/aromatic N) is 3. The molecule has 0 saturated carbocycles. The highest BCUT2D eigenvalue weighted by atomic mass is 19.2. The number of hydrogen-bond acceptors (Lipinski definition) is 4. The van der Waals surface area contributed by atoms with Crippen LogP contribution in [0, 0.1) is 18.6 Å². The number of aryl methyl sites for hydroxylation is 1. The summed E-state index contributed by atoms with van der Waals surface area (Å²) in [5, 5.41) is 3.80. The molecule has 1 aromatic carbocycles. The molecule has 20 heavy (non-hydrogen) atoms. The van der Waals surface area contributed by atoms with Gasteiger partial charge < -0.3 is 4.52 Å². The van der Waals surface area contributed by atoms with Crippen molar-refractivity contribution in [3.05, 3.63) is 53.9 Å². The summed E-state index contributed by atoms with van der Waals surface area (Å²) >= 11 is 0. The zero-order valence-corrected chi connectivity index (χ0v) is 10.5. The number of hydrogen-bond donors (Lipinski definition) is 0. The molecule has 0 fully saturated rings. The van der Waals surface area contributed by atoms with Gasteiger partial charge in [0, 0.05) is 23.0 Å². The van der Waals surface area contributed by atoms with Crippen LogP contribution in [0.3, 0.4) is 0 Å². The molecule has 0 aliphatic rings. The first-order valence-electron chi connectivity index (χ1n) is 5.85. The van der Waals surface area contributed by atoms with Crippen molar-refractivity contribution in [1.29, 1.82) is 0 Å². The summed E-state index contributed by atoms with van der Waals surface area (Å²) in [6.45, 7) is 1.87. The molecule has 0 aliphatic carbocycles. The lowest BCUT2D eigenvalue weighted by Crippen LogP contribution is -1.86. The fraction of sp³-hybridized carbons (Fsp3) is 0.0714. The molecule has 0 unspecified atom stereocenters. The van der Waals surface area contributed by atoms with E-state index in [4.69, 9.17) is 4.52 Å². The van der Waals surface area contributed by atoms with Gasteiger partial charge in [0.05, 0.1) is 0 Å². The summed E-state index contributed by atoms with van der Waals surface area (Å²) in [6, 6.07) is 7.04. The lowest BCUT2D eigenvalue weighted by molar-refractivity contribution is 0.431. The normalized spacial score (nSPS) is 10.8. The summed E-state index contributed by atoms with van der Waals surface area (Å²) in [7, 11) is 0. The first-order valence-corrected chi connectivity index (χ1v) is 5.85. The van der Waals surface area contributed by atoms with Crippen LogP contribution in [-0.4, -0.2) is 15.1 Å². The maximum absolute atomic E-state index is 13.2. The van der Waals surface area contributed by atoms with Gasteiger partial charge in [0.25, 0.3) is 5.89 Å². The molecule has 0 radical (unpaired) electrons. The molecule has 4 nitrogen and oxygen atoms in total. The second-order valence-corrected chi connectivity index (χ2v) is 4.24. The monoisotopic (exact) mass is 273 g/mol. The third kappa shape index (κ3) is 2.27. The molecule has 0 aliphatic heterocycles. The summed E-state index contributed by atoms with van der Waals surface area (Å²) in [5.41, 5.74) is 1.88. The van der Waals surface area contributed by atoms with Crippen molar-refractivity contribution < 1.29 is 13.3 Å². The van der Waals surface area contributed by atoms with Crippen molar-refractivity contribution in [1.82, 2.24) is 15.1 Å². The minimum absolute atomic E-state index is 0.125. The summed E-state index contributed by atoms with van der Waals surface area (Å²) < 4.78 is 31.1. The first-order chi connectivity index (χ1) is 9.63. The second-order valence-electron chi connectivity index (χ2n) is 4.24. The maximum Gasteiger partial charge on any atom is 0.258 e. The fourth-order valence-electron chi connectivity index (χ4n) is 1.69. The van der Waals surface area contributed by atoms with Crippen LogP contribution in [0.2, 0.25) is 0 Å². The van der Waals surface area contributed by atoms with Crippen molar-refractivity contribution in [2.45, 2.75) is 6.92 Å². The average molecular weight is 273 g/mol. The van der Waals surface area contributed by atoms with E-state index in [9.17, 15) is 8.78 Å². The van der Waals surface area contributed by atoms with E-state index >= 15 is 0 Å². The molecule has 0 amide bonds. The van der Waals surface area contributed by atoms with Gasteiger partial charge in [0.15, 0.2) is 11.6 Å². The van der Waals surface area contributed by atoms with Crippen molar-refractivity contribution >= 4 is 0 Å². The van der Waals surface area contributed by atoms with Gasteiger partial charge in [-0.3, -0.25) is 4.98 Å². The van der Waals surface area contributed by atoms with Crippen molar-refractivity contribution in [3.8, 4) is 22.8 Å². The second kappa shape index (κ2) is 4.80. The minimum Gasteiger partial charge on any atom is -0.334 e. The van der Waals surface area contributed by atoms with Gasteiger partial charge in [-0.25, -0.2) is 8.78 Å². The highest BCUT2D eigenvalue weighted by Gasteiger charge is 2.12. The minimum atomic E-state index is -0.959. The average Bonchev–Trinajstić information content (AvgIpc) is 2.92. The number of pyridine rings is 1. The molecule has 2 heterocycles. The van der Waals surface area contributed by atoms with Crippen molar-refractivity contribution in [2.75, 3.05) is 0 Å². The third-order valence-electron chi connectivity index (χ3n) is 2.76. The zero-order chi connectivity index (χ0) is 14.1. The van der Waals surface area contributed by atoms with Gasteiger partial charge in [-0.15, -0.1) is 0 Å². The molecule has 100 valence electrons. The Morgan fingerprint density at radius 2 is 1.80 bits per heavy atom. The van der Waals surface area contributed by atoms with Crippen molar-refractivity contribution in [3.63, 3.8) is 0 Å². The summed E-state index contributed by atoms with van der Waals surface area (Å²) in [5.74, 6) is -1.41. The van der Waals surface area contributed by atoms with E-state index in [1.807, 2.05) is 19.1 Å². The van der Waals surface area contributed by atoms with Crippen LogP contribution in [0.25, 0.3) is 22.8 Å². The van der Waals surface area contributed by atoms with Crippen LogP contribution >= 0.6 is 0 Å². The molecule has 0 N–H and O–H groups in total. The zero-order valence-electron chi connectivity index (χ0n) is 10.5. The maximum atomic E-state index is 13.2. The largest absolute Gasteiger partial charge is 0.334 e. The van der Waals surface area contributed by atoms with Gasteiger partial charge in [-0.2, -0.15) is 4.98 Å². The van der Waals surface area contributed by atoms with Gasteiger partial charge in [-0.05, 0) is 37.3 Å². The smallest absolute Gasteiger partial charge is 0.258 e. The Morgan fingerprint density at radius 1 is 1.00 bits per heavy atom. The van der Waals surface area contributed by atoms with Crippen LogP contribution in [0.4, 0.5) is 8.78 Å². The standard InChI is InChI=1S/C14H9F2N3O/c1-8-2-3-10(7-17-8)13-18-14(20-19-13)9-4-5-11(15)12(16)6-9/h2-7H,1H3. The quantitative estimate of drug-likeness (QED) is 0.718. The molecule has 0 spiro atoms. The van der Waals surface area contributed by atoms with E-state index in [0.717, 1.165) is 17.8 Å². The van der Waals surface area contributed by atoms with Gasteiger partial charge >= 0.3 is 0 Å². The van der Waals surface area contributed by atoms with E-state index in [1.54, 1.807) is 6.20 Å². The fourth-order valence-corrected chi connectivity index (χ4v) is 1.69. The molecule has 3 rings (SSSR count). The van der Waals surface area contributed by atoms with Crippen LogP contribution in [0.1, 0.15) is 5.69 Å². The van der Waals surface area contributed by atoms with E-state index in [2.05, 4.69) is 15.1 Å². The molecule has 2 aromatic heterocycles. The van der Waals surface area contributed by atoms with Crippen LogP contribution in [0.5, 0.6) is 0 Å². The van der Waals surface area contributed by atoms with Crippen LogP contribution in [-0.2, 0) is 0 Å². The molecular weight excluding hydrogens is 264 g/mol. The highest BCUT2D eigenvalue weighted by molar-refractivity contribution is 5.59. The van der Waals surface area contributed by atoms with Crippen LogP contribution in [0.15, 0.2) is 41.1 Å². The SMILES string of the molecule is Cc1ccc(-c2noc(-c3ccc(F)c(F)c3)n2)cn1. The van der Waals surface area contributed by atoms with E-state index in [0.29, 0.717) is 17.0 Å². The lowest BCUT2D eigenvalue weighted by Gasteiger charge is -1.95. The Hall–Kier alpha value is -2.63. The van der Waals surface area contributed by atoms with E-state index in [1.165, 1.54) is 6.07 Å². The molecule has 3 aromatic rings. The topological polar surface area (TPSA) is 51.8 Å². The van der Waals surface area contributed by atoms with Gasteiger partial charge in [-0.1, -0.05) is 5.16 Å². The molecule has 0 atom stereocenters. The Labute approximate surface area is 113 Å². The van der Waals surface area contributed by atoms with Crippen molar-refractivity contribution in [2.24, 2.45) is 0 Å². The number of halogens is 2. The third-order valence-corrected chi connectivity index (χ3v) is 2.76. The number of aromatic nitrogens is 3. The lowest BCUT2D eigenvalue weighted by atomic mass is 10.2.